The first-order valence-electron chi connectivity index (χ1n) is 11.9. The number of hydrogen-bond donors (Lipinski definition) is 2. The van der Waals surface area contributed by atoms with Crippen molar-refractivity contribution in [2.75, 3.05) is 19.7 Å². The minimum Gasteiger partial charge on any atom is -0.477 e. The van der Waals surface area contributed by atoms with E-state index >= 15 is 0 Å². The highest BCUT2D eigenvalue weighted by molar-refractivity contribution is 5.93. The molecule has 0 saturated carbocycles. The van der Waals surface area contributed by atoms with Crippen molar-refractivity contribution < 1.29 is 10.1 Å². The van der Waals surface area contributed by atoms with Crippen LogP contribution in [0.1, 0.15) is 24.8 Å². The Labute approximate surface area is 195 Å². The van der Waals surface area contributed by atoms with E-state index in [9.17, 15) is 0 Å². The molecule has 0 amide bonds. The van der Waals surface area contributed by atoms with Crippen LogP contribution in [0.15, 0.2) is 72.9 Å². The van der Waals surface area contributed by atoms with Crippen molar-refractivity contribution in [1.29, 1.82) is 0 Å². The molecule has 2 aromatic carbocycles. The van der Waals surface area contributed by atoms with E-state index in [1.54, 1.807) is 6.20 Å². The summed E-state index contributed by atoms with van der Waals surface area (Å²) in [5, 5.41) is 3.37. The first kappa shape index (κ1) is 21.6. The molecule has 5 heteroatoms. The molecule has 5 nitrogen and oxygen atoms in total. The van der Waals surface area contributed by atoms with Gasteiger partial charge in [-0.3, -0.25) is 0 Å². The third-order valence-corrected chi connectivity index (χ3v) is 6.54. The smallest absolute Gasteiger partial charge is 0.222 e. The molecule has 1 aliphatic heterocycles. The molecular formula is C28H31N4O+. The number of pyridine rings is 2. The Morgan fingerprint density at radius 3 is 2.61 bits per heavy atom. The van der Waals surface area contributed by atoms with Crippen LogP contribution in [0.3, 0.4) is 0 Å². The molecule has 0 bridgehead atoms. The van der Waals surface area contributed by atoms with Gasteiger partial charge in [-0.2, -0.15) is 0 Å². The van der Waals surface area contributed by atoms with Gasteiger partial charge in [-0.15, -0.1) is 0 Å². The number of hydrogen-bond acceptors (Lipinski definition) is 4. The lowest BCUT2D eigenvalue weighted by Crippen LogP contribution is -2.87. The molecule has 1 saturated heterocycles. The Morgan fingerprint density at radius 1 is 1.00 bits per heavy atom. The third kappa shape index (κ3) is 4.90. The zero-order chi connectivity index (χ0) is 22.5. The van der Waals surface area contributed by atoms with Crippen molar-refractivity contribution in [3.8, 4) is 28.3 Å². The second-order valence-corrected chi connectivity index (χ2v) is 8.79. The van der Waals surface area contributed by atoms with Gasteiger partial charge in [-0.05, 0) is 42.5 Å². The van der Waals surface area contributed by atoms with Crippen LogP contribution in [-0.4, -0.2) is 29.7 Å². The summed E-state index contributed by atoms with van der Waals surface area (Å²) < 4.78 is 6.21. The first-order chi connectivity index (χ1) is 16.3. The molecule has 4 N–H and O–H groups in total. The number of nitrogens with zero attached hydrogens (tertiary/aromatic N) is 2. The number of rotatable bonds is 7. The number of benzene rings is 2. The molecule has 5 rings (SSSR count). The predicted octanol–water partition coefficient (Wildman–Crippen LogP) is 4.16. The standard InChI is InChI=1S/C28H30N4O/c29-18-20-8-10-23(11-9-20)27-24(22-6-2-1-3-7-22)17-25-26(32-27)12-15-31-28(25)33-16-13-21-5-4-14-30-19-21/h1-3,6-12,15,17,21,30H,4-5,13-14,16,18-19,29H2/p+1. The molecule has 3 heterocycles. The van der Waals surface area contributed by atoms with Crippen LogP contribution >= 0.6 is 0 Å². The number of piperidine rings is 1. The maximum Gasteiger partial charge on any atom is 0.222 e. The molecular weight excluding hydrogens is 408 g/mol. The van der Waals surface area contributed by atoms with E-state index in [1.165, 1.54) is 25.9 Å². The largest absolute Gasteiger partial charge is 0.477 e. The molecule has 1 fully saturated rings. The molecule has 4 aromatic rings. The summed E-state index contributed by atoms with van der Waals surface area (Å²) in [7, 11) is 0. The lowest BCUT2D eigenvalue weighted by molar-refractivity contribution is -0.669. The van der Waals surface area contributed by atoms with Crippen molar-refractivity contribution in [2.24, 2.45) is 11.7 Å². The van der Waals surface area contributed by atoms with E-state index in [0.717, 1.165) is 51.2 Å². The molecule has 33 heavy (non-hydrogen) atoms. The fourth-order valence-corrected chi connectivity index (χ4v) is 4.65. The van der Waals surface area contributed by atoms with Crippen LogP contribution < -0.4 is 15.8 Å². The Balaban J connectivity index is 1.52. The number of ether oxygens (including phenoxy) is 1. The van der Waals surface area contributed by atoms with E-state index in [0.29, 0.717) is 19.0 Å². The monoisotopic (exact) mass is 439 g/mol. The van der Waals surface area contributed by atoms with Crippen LogP contribution in [0.2, 0.25) is 0 Å². The van der Waals surface area contributed by atoms with Crippen LogP contribution in [0.4, 0.5) is 0 Å². The minimum absolute atomic E-state index is 0.530. The maximum absolute atomic E-state index is 6.21. The van der Waals surface area contributed by atoms with Gasteiger partial charge in [0.1, 0.15) is 0 Å². The molecule has 1 atom stereocenters. The summed E-state index contributed by atoms with van der Waals surface area (Å²) in [4.78, 5) is 9.65. The fraction of sp³-hybridized carbons (Fsp3) is 0.286. The second-order valence-electron chi connectivity index (χ2n) is 8.79. The number of fused-ring (bicyclic) bond motifs is 1. The molecule has 0 aliphatic carbocycles. The van der Waals surface area contributed by atoms with Gasteiger partial charge in [0.15, 0.2) is 0 Å². The number of aromatic nitrogens is 2. The first-order valence-corrected chi connectivity index (χ1v) is 11.9. The van der Waals surface area contributed by atoms with Crippen molar-refractivity contribution in [1.82, 2.24) is 9.97 Å². The van der Waals surface area contributed by atoms with Crippen LogP contribution in [-0.2, 0) is 6.54 Å². The van der Waals surface area contributed by atoms with Gasteiger partial charge >= 0.3 is 0 Å². The topological polar surface area (TPSA) is 77.6 Å². The van der Waals surface area contributed by atoms with Gasteiger partial charge in [0.2, 0.25) is 5.88 Å². The Morgan fingerprint density at radius 2 is 1.85 bits per heavy atom. The highest BCUT2D eigenvalue weighted by atomic mass is 16.5. The summed E-state index contributed by atoms with van der Waals surface area (Å²) in [6.07, 6.45) is 5.47. The molecule has 1 aliphatic rings. The predicted molar refractivity (Wildman–Crippen MR) is 133 cm³/mol. The normalized spacial score (nSPS) is 16.1. The summed E-state index contributed by atoms with van der Waals surface area (Å²) in [5.74, 6) is 1.40. The van der Waals surface area contributed by atoms with Crippen molar-refractivity contribution >= 4 is 10.9 Å². The molecule has 1 unspecified atom stereocenters. The van der Waals surface area contributed by atoms with Crippen LogP contribution in [0, 0.1) is 5.92 Å². The van der Waals surface area contributed by atoms with Gasteiger partial charge in [-0.1, -0.05) is 54.6 Å². The van der Waals surface area contributed by atoms with Crippen LogP contribution in [0.5, 0.6) is 5.88 Å². The van der Waals surface area contributed by atoms with Crippen molar-refractivity contribution in [3.63, 3.8) is 0 Å². The average Bonchev–Trinajstić information content (AvgIpc) is 2.89. The SMILES string of the molecule is NCc1ccc(-c2nc3ccnc(OCCC4CCC[NH2+]C4)c3cc2-c2ccccc2)cc1. The molecule has 0 spiro atoms. The van der Waals surface area contributed by atoms with Gasteiger partial charge in [0, 0.05) is 29.8 Å². The average molecular weight is 440 g/mol. The van der Waals surface area contributed by atoms with Gasteiger partial charge in [0.05, 0.1) is 36.3 Å². The van der Waals surface area contributed by atoms with E-state index in [-0.39, 0.29) is 0 Å². The van der Waals surface area contributed by atoms with Gasteiger partial charge in [0.25, 0.3) is 0 Å². The number of nitrogens with two attached hydrogens (primary N) is 2. The van der Waals surface area contributed by atoms with Gasteiger partial charge in [-0.25, -0.2) is 9.97 Å². The minimum atomic E-state index is 0.530. The van der Waals surface area contributed by atoms with Gasteiger partial charge < -0.3 is 15.8 Å². The third-order valence-electron chi connectivity index (χ3n) is 6.54. The van der Waals surface area contributed by atoms with E-state index < -0.39 is 0 Å². The number of quaternary nitrogens is 1. The zero-order valence-electron chi connectivity index (χ0n) is 18.9. The molecule has 168 valence electrons. The molecule has 0 radical (unpaired) electrons. The Kier molecular flexibility index (Phi) is 6.61. The fourth-order valence-electron chi connectivity index (χ4n) is 4.65. The summed E-state index contributed by atoms with van der Waals surface area (Å²) in [6, 6.07) is 22.9. The quantitative estimate of drug-likeness (QED) is 0.453. The van der Waals surface area contributed by atoms with Crippen LogP contribution in [0.25, 0.3) is 33.3 Å². The molecule has 2 aromatic heterocycles. The zero-order valence-corrected chi connectivity index (χ0v) is 18.9. The lowest BCUT2D eigenvalue weighted by atomic mass is 9.96. The summed E-state index contributed by atoms with van der Waals surface area (Å²) >= 11 is 0. The van der Waals surface area contributed by atoms with Crippen molar-refractivity contribution in [2.45, 2.75) is 25.8 Å². The summed E-state index contributed by atoms with van der Waals surface area (Å²) in [6.45, 7) is 3.68. The highest BCUT2D eigenvalue weighted by Gasteiger charge is 2.17. The van der Waals surface area contributed by atoms with E-state index in [4.69, 9.17) is 15.5 Å². The van der Waals surface area contributed by atoms with E-state index in [1.807, 2.05) is 12.1 Å². The Hall–Kier alpha value is -3.28. The lowest BCUT2D eigenvalue weighted by Gasteiger charge is -2.20. The second kappa shape index (κ2) is 10.1. The highest BCUT2D eigenvalue weighted by Crippen LogP contribution is 2.35. The summed E-state index contributed by atoms with van der Waals surface area (Å²) in [5.41, 5.74) is 12.0. The maximum atomic E-state index is 6.21. The van der Waals surface area contributed by atoms with E-state index in [2.05, 4.69) is 64.9 Å². The Bertz CT molecular complexity index is 1200. The van der Waals surface area contributed by atoms with Crippen molar-refractivity contribution in [3.05, 3.63) is 78.5 Å².